The van der Waals surface area contributed by atoms with Crippen molar-refractivity contribution in [1.29, 1.82) is 0 Å². The van der Waals surface area contributed by atoms with Gasteiger partial charge in [0.05, 0.1) is 7.11 Å². The predicted octanol–water partition coefficient (Wildman–Crippen LogP) is 5.39. The molecule has 0 atom stereocenters. The quantitative estimate of drug-likeness (QED) is 0.367. The molecule has 0 amide bonds. The summed E-state index contributed by atoms with van der Waals surface area (Å²) in [6, 6.07) is 20.1. The number of benzene rings is 2. The van der Waals surface area contributed by atoms with Gasteiger partial charge in [0, 0.05) is 33.9 Å². The van der Waals surface area contributed by atoms with Crippen molar-refractivity contribution in [2.24, 2.45) is 0 Å². The second-order valence-corrected chi connectivity index (χ2v) is 7.85. The lowest BCUT2D eigenvalue weighted by Gasteiger charge is -2.11. The van der Waals surface area contributed by atoms with Crippen molar-refractivity contribution < 1.29 is 4.74 Å². The van der Waals surface area contributed by atoms with Crippen molar-refractivity contribution in [3.63, 3.8) is 0 Å². The minimum absolute atomic E-state index is 0.761. The van der Waals surface area contributed by atoms with Gasteiger partial charge < -0.3 is 4.74 Å². The molecule has 2 aromatic heterocycles. The monoisotopic (exact) mass is 452 g/mol. The molecule has 0 bridgehead atoms. The van der Waals surface area contributed by atoms with Gasteiger partial charge in [-0.2, -0.15) is 0 Å². The highest BCUT2D eigenvalue weighted by molar-refractivity contribution is 9.10. The van der Waals surface area contributed by atoms with Crippen LogP contribution in [0.25, 0.3) is 17.1 Å². The van der Waals surface area contributed by atoms with E-state index in [2.05, 4.69) is 47.8 Å². The summed E-state index contributed by atoms with van der Waals surface area (Å²) in [7, 11) is 1.66. The normalized spacial score (nSPS) is 10.8. The lowest BCUT2D eigenvalue weighted by atomic mass is 10.2. The van der Waals surface area contributed by atoms with Crippen LogP contribution < -0.4 is 4.74 Å². The largest absolute Gasteiger partial charge is 0.497 e. The van der Waals surface area contributed by atoms with Crippen molar-refractivity contribution in [3.05, 3.63) is 83.1 Å². The van der Waals surface area contributed by atoms with Gasteiger partial charge in [-0.3, -0.25) is 9.55 Å². The smallest absolute Gasteiger partial charge is 0.196 e. The van der Waals surface area contributed by atoms with E-state index in [-0.39, 0.29) is 0 Å². The molecule has 4 rings (SSSR count). The molecule has 0 saturated carbocycles. The third-order valence-corrected chi connectivity index (χ3v) is 5.69. The Kier molecular flexibility index (Phi) is 5.73. The van der Waals surface area contributed by atoms with Crippen molar-refractivity contribution in [1.82, 2.24) is 19.7 Å². The Morgan fingerprint density at radius 3 is 2.46 bits per heavy atom. The Balaban J connectivity index is 1.71. The van der Waals surface area contributed by atoms with E-state index in [4.69, 9.17) is 4.74 Å². The standard InChI is InChI=1S/C21H17BrN4OS/c1-27-19-10-8-18(9-11-19)26-20(16-3-2-12-23-13-16)24-25-21(26)28-14-15-4-6-17(22)7-5-15/h2-13H,14H2,1H3. The molecule has 0 aliphatic carbocycles. The van der Waals surface area contributed by atoms with E-state index in [1.165, 1.54) is 5.56 Å². The Morgan fingerprint density at radius 2 is 1.79 bits per heavy atom. The van der Waals surface area contributed by atoms with Gasteiger partial charge in [0.1, 0.15) is 5.75 Å². The van der Waals surface area contributed by atoms with Crippen molar-refractivity contribution in [2.75, 3.05) is 7.11 Å². The van der Waals surface area contributed by atoms with Crippen LogP contribution in [-0.4, -0.2) is 26.9 Å². The van der Waals surface area contributed by atoms with E-state index >= 15 is 0 Å². The van der Waals surface area contributed by atoms with E-state index in [0.29, 0.717) is 0 Å². The zero-order chi connectivity index (χ0) is 19.3. The lowest BCUT2D eigenvalue weighted by molar-refractivity contribution is 0.414. The first-order valence-electron chi connectivity index (χ1n) is 8.62. The van der Waals surface area contributed by atoms with Gasteiger partial charge >= 0.3 is 0 Å². The number of aromatic nitrogens is 4. The number of pyridine rings is 1. The first-order valence-corrected chi connectivity index (χ1v) is 10.4. The van der Waals surface area contributed by atoms with Gasteiger partial charge in [-0.15, -0.1) is 10.2 Å². The molecule has 0 unspecified atom stereocenters. The molecule has 4 aromatic rings. The SMILES string of the molecule is COc1ccc(-n2c(SCc3ccc(Br)cc3)nnc2-c2cccnc2)cc1. The highest BCUT2D eigenvalue weighted by Crippen LogP contribution is 2.30. The predicted molar refractivity (Wildman–Crippen MR) is 115 cm³/mol. The highest BCUT2D eigenvalue weighted by Gasteiger charge is 2.16. The average Bonchev–Trinajstić information content (AvgIpc) is 3.18. The van der Waals surface area contributed by atoms with Gasteiger partial charge in [-0.05, 0) is 54.1 Å². The summed E-state index contributed by atoms with van der Waals surface area (Å²) < 4.78 is 8.41. The molecular formula is C21H17BrN4OS. The first-order chi connectivity index (χ1) is 13.7. The topological polar surface area (TPSA) is 52.8 Å². The molecular weight excluding hydrogens is 436 g/mol. The highest BCUT2D eigenvalue weighted by atomic mass is 79.9. The third-order valence-electron chi connectivity index (χ3n) is 4.16. The number of hydrogen-bond donors (Lipinski definition) is 0. The summed E-state index contributed by atoms with van der Waals surface area (Å²) in [5, 5.41) is 9.72. The Morgan fingerprint density at radius 1 is 1.00 bits per heavy atom. The van der Waals surface area contributed by atoms with Crippen LogP contribution in [0.15, 0.2) is 82.7 Å². The van der Waals surface area contributed by atoms with Crippen LogP contribution in [0.1, 0.15) is 5.56 Å². The molecule has 0 aliphatic rings. The Bertz CT molecular complexity index is 1050. The summed E-state index contributed by atoms with van der Waals surface area (Å²) in [5.41, 5.74) is 3.12. The van der Waals surface area contributed by atoms with Gasteiger partial charge in [0.15, 0.2) is 11.0 Å². The second-order valence-electron chi connectivity index (χ2n) is 6.00. The number of nitrogens with zero attached hydrogens (tertiary/aromatic N) is 4. The number of thioether (sulfide) groups is 1. The molecule has 140 valence electrons. The zero-order valence-corrected chi connectivity index (χ0v) is 17.5. The molecule has 5 nitrogen and oxygen atoms in total. The second kappa shape index (κ2) is 8.58. The van der Waals surface area contributed by atoms with Crippen LogP contribution >= 0.6 is 27.7 Å². The fourth-order valence-electron chi connectivity index (χ4n) is 2.74. The van der Waals surface area contributed by atoms with Crippen LogP contribution in [-0.2, 0) is 5.75 Å². The van der Waals surface area contributed by atoms with E-state index in [1.54, 1.807) is 31.3 Å². The van der Waals surface area contributed by atoms with Crippen LogP contribution in [0, 0.1) is 0 Å². The average molecular weight is 453 g/mol. The van der Waals surface area contributed by atoms with E-state index in [0.717, 1.165) is 38.2 Å². The van der Waals surface area contributed by atoms with Crippen LogP contribution in [0.4, 0.5) is 0 Å². The van der Waals surface area contributed by atoms with Gasteiger partial charge in [-0.1, -0.05) is 39.8 Å². The van der Waals surface area contributed by atoms with Crippen molar-refractivity contribution in [3.8, 4) is 22.8 Å². The Hall–Kier alpha value is -2.64. The number of halogens is 1. The minimum atomic E-state index is 0.761. The van der Waals surface area contributed by atoms with E-state index in [1.807, 2.05) is 48.5 Å². The molecule has 0 radical (unpaired) electrons. The molecule has 7 heteroatoms. The van der Waals surface area contributed by atoms with Crippen LogP contribution in [0.2, 0.25) is 0 Å². The van der Waals surface area contributed by atoms with E-state index in [9.17, 15) is 0 Å². The van der Waals surface area contributed by atoms with Gasteiger partial charge in [-0.25, -0.2) is 0 Å². The fraction of sp³-hybridized carbons (Fsp3) is 0.0952. The summed E-state index contributed by atoms with van der Waals surface area (Å²) in [4.78, 5) is 4.22. The van der Waals surface area contributed by atoms with E-state index < -0.39 is 0 Å². The fourth-order valence-corrected chi connectivity index (χ4v) is 3.91. The summed E-state index contributed by atoms with van der Waals surface area (Å²) >= 11 is 5.12. The van der Waals surface area contributed by atoms with Gasteiger partial charge in [0.25, 0.3) is 0 Å². The molecule has 0 N–H and O–H groups in total. The van der Waals surface area contributed by atoms with Crippen LogP contribution in [0.3, 0.4) is 0 Å². The summed E-state index contributed by atoms with van der Waals surface area (Å²) in [6.07, 6.45) is 3.55. The minimum Gasteiger partial charge on any atom is -0.497 e. The zero-order valence-electron chi connectivity index (χ0n) is 15.1. The third kappa shape index (κ3) is 4.10. The summed E-state index contributed by atoms with van der Waals surface area (Å²) in [6.45, 7) is 0. The molecule has 0 fully saturated rings. The Labute approximate surface area is 175 Å². The molecule has 0 aliphatic heterocycles. The maximum Gasteiger partial charge on any atom is 0.196 e. The first kappa shape index (κ1) is 18.7. The number of methoxy groups -OCH3 is 1. The molecule has 2 heterocycles. The summed E-state index contributed by atoms with van der Waals surface area (Å²) in [5.74, 6) is 2.37. The molecule has 2 aromatic carbocycles. The maximum atomic E-state index is 5.29. The number of rotatable bonds is 6. The number of hydrogen-bond acceptors (Lipinski definition) is 5. The maximum absolute atomic E-state index is 5.29. The van der Waals surface area contributed by atoms with Crippen molar-refractivity contribution in [2.45, 2.75) is 10.9 Å². The molecule has 0 saturated heterocycles. The molecule has 0 spiro atoms. The molecule has 28 heavy (non-hydrogen) atoms. The van der Waals surface area contributed by atoms with Crippen LogP contribution in [0.5, 0.6) is 5.75 Å². The van der Waals surface area contributed by atoms with Crippen molar-refractivity contribution >= 4 is 27.7 Å². The lowest BCUT2D eigenvalue weighted by Crippen LogP contribution is -2.00. The van der Waals surface area contributed by atoms with Gasteiger partial charge in [0.2, 0.25) is 0 Å². The number of ether oxygens (including phenoxy) is 1.